The van der Waals surface area contributed by atoms with E-state index in [0.29, 0.717) is 77.8 Å². The van der Waals surface area contributed by atoms with Crippen LogP contribution >= 0.6 is 0 Å². The summed E-state index contributed by atoms with van der Waals surface area (Å²) in [7, 11) is 0. The maximum atomic E-state index is 13.2. The Bertz CT molecular complexity index is 766. The summed E-state index contributed by atoms with van der Waals surface area (Å²) < 4.78 is 0. The van der Waals surface area contributed by atoms with E-state index in [1.165, 1.54) is 25.7 Å². The van der Waals surface area contributed by atoms with Crippen LogP contribution in [0.15, 0.2) is 12.2 Å². The molecular formula is C27H40O3. The molecule has 4 fully saturated rings. The summed E-state index contributed by atoms with van der Waals surface area (Å²) in [4.78, 5) is 37.4. The zero-order valence-electron chi connectivity index (χ0n) is 19.5. The fourth-order valence-corrected chi connectivity index (χ4v) is 8.59. The molecule has 0 saturated heterocycles. The molecule has 4 saturated carbocycles. The molecule has 0 bridgehead atoms. The maximum absolute atomic E-state index is 13.2. The summed E-state index contributed by atoms with van der Waals surface area (Å²) in [5.74, 6) is 3.76. The van der Waals surface area contributed by atoms with Crippen molar-refractivity contribution in [2.75, 3.05) is 0 Å². The molecule has 0 heterocycles. The Morgan fingerprint density at radius 3 is 2.47 bits per heavy atom. The van der Waals surface area contributed by atoms with Crippen molar-refractivity contribution in [1.82, 2.24) is 0 Å². The largest absolute Gasteiger partial charge is 0.300 e. The molecule has 1 unspecified atom stereocenters. The highest BCUT2D eigenvalue weighted by Gasteiger charge is 2.62. The van der Waals surface area contributed by atoms with Crippen molar-refractivity contribution in [3.63, 3.8) is 0 Å². The highest BCUT2D eigenvalue weighted by atomic mass is 16.1. The lowest BCUT2D eigenvalue weighted by atomic mass is 9.44. The lowest BCUT2D eigenvalue weighted by Crippen LogP contribution is -2.56. The predicted molar refractivity (Wildman–Crippen MR) is 119 cm³/mol. The fourth-order valence-electron chi connectivity index (χ4n) is 8.59. The number of fused-ring (bicyclic) bond motifs is 5. The monoisotopic (exact) mass is 412 g/mol. The van der Waals surface area contributed by atoms with Gasteiger partial charge in [0, 0.05) is 31.6 Å². The van der Waals surface area contributed by atoms with E-state index in [-0.39, 0.29) is 17.1 Å². The van der Waals surface area contributed by atoms with E-state index in [1.807, 2.05) is 6.92 Å². The van der Waals surface area contributed by atoms with Crippen molar-refractivity contribution in [2.45, 2.75) is 91.9 Å². The molecule has 4 rings (SSSR count). The number of Topliss-reactive ketones (excluding diaryl/α,β-unsaturated/α-hetero) is 3. The molecule has 4 aliphatic rings. The van der Waals surface area contributed by atoms with Gasteiger partial charge in [-0.05, 0) is 91.4 Å². The molecule has 0 radical (unpaired) electrons. The summed E-state index contributed by atoms with van der Waals surface area (Å²) in [6.07, 6.45) is 9.27. The molecule has 3 heteroatoms. The number of hydrogen-bond acceptors (Lipinski definition) is 3. The van der Waals surface area contributed by atoms with Crippen LogP contribution < -0.4 is 0 Å². The Balaban J connectivity index is 1.52. The van der Waals surface area contributed by atoms with Gasteiger partial charge < -0.3 is 0 Å². The summed E-state index contributed by atoms with van der Waals surface area (Å²) in [6.45, 7) is 12.8. The van der Waals surface area contributed by atoms with Gasteiger partial charge >= 0.3 is 0 Å². The first kappa shape index (κ1) is 22.0. The van der Waals surface area contributed by atoms with Crippen molar-refractivity contribution in [1.29, 1.82) is 0 Å². The third-order valence-electron chi connectivity index (χ3n) is 10.3. The van der Waals surface area contributed by atoms with E-state index in [9.17, 15) is 14.4 Å². The van der Waals surface area contributed by atoms with Gasteiger partial charge in [-0.3, -0.25) is 14.4 Å². The van der Waals surface area contributed by atoms with E-state index in [0.717, 1.165) is 12.8 Å². The Kier molecular flexibility index (Phi) is 5.64. The standard InChI is InChI=1S/C27H40O3/c1-16(2)24(29)9-6-17(3)20-7-8-21-19-15-25(30)23-14-18(28)10-12-27(23,5)22(19)11-13-26(20,21)4/h17,19-23H,1,6-15H2,2-5H3/t17-,19+,20-,21+,22+,23?,26-,27-/m1/s1. The number of ketones is 3. The predicted octanol–water partition coefficient (Wildman–Crippen LogP) is 5.95. The van der Waals surface area contributed by atoms with Crippen molar-refractivity contribution >= 4 is 17.3 Å². The molecule has 0 aromatic rings. The Morgan fingerprint density at radius 1 is 1.07 bits per heavy atom. The zero-order valence-corrected chi connectivity index (χ0v) is 19.5. The van der Waals surface area contributed by atoms with E-state index in [1.54, 1.807) is 0 Å². The Morgan fingerprint density at radius 2 is 1.77 bits per heavy atom. The molecule has 0 amide bonds. The fraction of sp³-hybridized carbons (Fsp3) is 0.815. The van der Waals surface area contributed by atoms with Crippen molar-refractivity contribution in [3.05, 3.63) is 12.2 Å². The number of rotatable bonds is 5. The van der Waals surface area contributed by atoms with Crippen LogP contribution in [0.25, 0.3) is 0 Å². The first-order chi connectivity index (χ1) is 14.1. The molecule has 3 nitrogen and oxygen atoms in total. The number of allylic oxidation sites excluding steroid dienone is 1. The van der Waals surface area contributed by atoms with Gasteiger partial charge in [0.15, 0.2) is 5.78 Å². The third kappa shape index (κ3) is 3.35. The summed E-state index contributed by atoms with van der Waals surface area (Å²) >= 11 is 0. The van der Waals surface area contributed by atoms with Crippen molar-refractivity contribution in [3.8, 4) is 0 Å². The molecule has 0 aliphatic heterocycles. The minimum Gasteiger partial charge on any atom is -0.300 e. The van der Waals surface area contributed by atoms with Crippen LogP contribution in [-0.4, -0.2) is 17.3 Å². The lowest BCUT2D eigenvalue weighted by Gasteiger charge is -2.59. The smallest absolute Gasteiger partial charge is 0.157 e. The maximum Gasteiger partial charge on any atom is 0.157 e. The third-order valence-corrected chi connectivity index (χ3v) is 10.3. The van der Waals surface area contributed by atoms with Crippen LogP contribution in [0, 0.1) is 46.3 Å². The van der Waals surface area contributed by atoms with E-state index >= 15 is 0 Å². The summed E-state index contributed by atoms with van der Waals surface area (Å²) in [5.41, 5.74) is 1.00. The highest BCUT2D eigenvalue weighted by Crippen LogP contribution is 2.67. The summed E-state index contributed by atoms with van der Waals surface area (Å²) in [5, 5.41) is 0. The second kappa shape index (κ2) is 7.71. The second-order valence-corrected chi connectivity index (χ2v) is 11.8. The SMILES string of the molecule is C=C(C)C(=O)CC[C@@H](C)[C@H]1CC[C@H]2[C@@H]3CC(=O)C4CC(=O)CC[C@]4(C)[C@H]3CC[C@]12C. The van der Waals surface area contributed by atoms with Gasteiger partial charge in [0.2, 0.25) is 0 Å². The van der Waals surface area contributed by atoms with Gasteiger partial charge in [-0.1, -0.05) is 27.4 Å². The normalized spacial score (nSPS) is 44.1. The van der Waals surface area contributed by atoms with Crippen LogP contribution in [-0.2, 0) is 14.4 Å². The van der Waals surface area contributed by atoms with Gasteiger partial charge in [0.25, 0.3) is 0 Å². The number of carbonyl (C=O) groups excluding carboxylic acids is 3. The average molecular weight is 413 g/mol. The van der Waals surface area contributed by atoms with Crippen LogP contribution in [0.1, 0.15) is 91.9 Å². The van der Waals surface area contributed by atoms with Gasteiger partial charge in [0.05, 0.1) is 0 Å². The Labute approximate surface area is 182 Å². The molecule has 8 atom stereocenters. The van der Waals surface area contributed by atoms with Crippen LogP contribution in [0.3, 0.4) is 0 Å². The van der Waals surface area contributed by atoms with E-state index in [4.69, 9.17) is 0 Å². The molecule has 4 aliphatic carbocycles. The van der Waals surface area contributed by atoms with Gasteiger partial charge in [0.1, 0.15) is 11.6 Å². The van der Waals surface area contributed by atoms with E-state index in [2.05, 4.69) is 27.4 Å². The molecule has 0 N–H and O–H groups in total. The quantitative estimate of drug-likeness (QED) is 0.524. The topological polar surface area (TPSA) is 51.2 Å². The van der Waals surface area contributed by atoms with Crippen LogP contribution in [0.5, 0.6) is 0 Å². The van der Waals surface area contributed by atoms with Gasteiger partial charge in [-0.25, -0.2) is 0 Å². The van der Waals surface area contributed by atoms with Gasteiger partial charge in [-0.15, -0.1) is 0 Å². The molecule has 0 aromatic carbocycles. The average Bonchev–Trinajstić information content (AvgIpc) is 3.04. The van der Waals surface area contributed by atoms with Crippen LogP contribution in [0.4, 0.5) is 0 Å². The molecule has 166 valence electrons. The molecular weight excluding hydrogens is 372 g/mol. The number of hydrogen-bond donors (Lipinski definition) is 0. The van der Waals surface area contributed by atoms with Crippen molar-refractivity contribution < 1.29 is 14.4 Å². The minimum atomic E-state index is -0.0198. The van der Waals surface area contributed by atoms with Gasteiger partial charge in [-0.2, -0.15) is 0 Å². The van der Waals surface area contributed by atoms with Crippen LogP contribution in [0.2, 0.25) is 0 Å². The first-order valence-corrected chi connectivity index (χ1v) is 12.3. The second-order valence-electron chi connectivity index (χ2n) is 11.8. The minimum absolute atomic E-state index is 0.0198. The molecule has 0 aromatic heterocycles. The number of carbonyl (C=O) groups is 3. The molecule has 0 spiro atoms. The van der Waals surface area contributed by atoms with Crippen molar-refractivity contribution in [2.24, 2.45) is 46.3 Å². The molecule has 30 heavy (non-hydrogen) atoms. The zero-order chi connectivity index (χ0) is 21.8. The van der Waals surface area contributed by atoms with E-state index < -0.39 is 0 Å². The summed E-state index contributed by atoms with van der Waals surface area (Å²) in [6, 6.07) is 0. The lowest BCUT2D eigenvalue weighted by molar-refractivity contribution is -0.159. The first-order valence-electron chi connectivity index (χ1n) is 12.3. The Hall–Kier alpha value is -1.25. The highest BCUT2D eigenvalue weighted by molar-refractivity contribution is 5.94.